The van der Waals surface area contributed by atoms with E-state index in [1.807, 2.05) is 36.4 Å². The number of nitrogens with two attached hydrogens (primary N) is 1. The van der Waals surface area contributed by atoms with Gasteiger partial charge in [-0.05, 0) is 18.2 Å². The zero-order valence-electron chi connectivity index (χ0n) is 11.1. The molecule has 2 aromatic carbocycles. The van der Waals surface area contributed by atoms with Crippen molar-refractivity contribution in [3.05, 3.63) is 66.2 Å². The molecule has 0 aliphatic carbocycles. The van der Waals surface area contributed by atoms with Crippen molar-refractivity contribution in [2.24, 2.45) is 0 Å². The van der Waals surface area contributed by atoms with E-state index < -0.39 is 5.82 Å². The molecule has 21 heavy (non-hydrogen) atoms. The van der Waals surface area contributed by atoms with Gasteiger partial charge in [0.05, 0.1) is 11.4 Å². The fourth-order valence-electron chi connectivity index (χ4n) is 1.88. The van der Waals surface area contributed by atoms with Crippen LogP contribution in [0.15, 0.2) is 64.0 Å². The monoisotopic (exact) mass is 300 g/mol. The Bertz CT molecular complexity index is 743. The molecule has 0 amide bonds. The summed E-state index contributed by atoms with van der Waals surface area (Å²) >= 11 is 1.48. The van der Waals surface area contributed by atoms with Crippen molar-refractivity contribution in [2.75, 3.05) is 5.73 Å². The predicted molar refractivity (Wildman–Crippen MR) is 82.3 cm³/mol. The maximum Gasteiger partial charge on any atom is 0.147 e. The summed E-state index contributed by atoms with van der Waals surface area (Å²) in [5.74, 6) is 0.932. The van der Waals surface area contributed by atoms with E-state index in [1.54, 1.807) is 12.1 Å². The van der Waals surface area contributed by atoms with Crippen molar-refractivity contribution >= 4 is 17.4 Å². The lowest BCUT2D eigenvalue weighted by molar-refractivity contribution is 0.397. The molecule has 0 saturated carbocycles. The van der Waals surface area contributed by atoms with E-state index in [0.29, 0.717) is 5.75 Å². The number of anilines is 1. The second kappa shape index (κ2) is 6.01. The zero-order valence-corrected chi connectivity index (χ0v) is 11.9. The van der Waals surface area contributed by atoms with Gasteiger partial charge in [0.1, 0.15) is 17.3 Å². The molecule has 0 saturated heterocycles. The minimum atomic E-state index is -0.400. The number of benzene rings is 2. The van der Waals surface area contributed by atoms with Crippen molar-refractivity contribution in [3.63, 3.8) is 0 Å². The smallest absolute Gasteiger partial charge is 0.147 e. The summed E-state index contributed by atoms with van der Waals surface area (Å²) in [6.07, 6.45) is 0. The van der Waals surface area contributed by atoms with Crippen LogP contribution >= 0.6 is 11.8 Å². The summed E-state index contributed by atoms with van der Waals surface area (Å²) in [5.41, 5.74) is 7.42. The van der Waals surface area contributed by atoms with Crippen LogP contribution in [0.1, 0.15) is 5.76 Å². The van der Waals surface area contributed by atoms with Crippen LogP contribution in [-0.2, 0) is 5.75 Å². The molecule has 3 rings (SSSR count). The van der Waals surface area contributed by atoms with Gasteiger partial charge in [-0.2, -0.15) is 0 Å². The van der Waals surface area contributed by atoms with E-state index in [4.69, 9.17) is 10.3 Å². The average Bonchev–Trinajstić information content (AvgIpc) is 2.98. The first kappa shape index (κ1) is 13.7. The number of rotatable bonds is 4. The number of nitrogens with zero attached hydrogens (tertiary/aromatic N) is 1. The molecule has 1 heterocycles. The van der Waals surface area contributed by atoms with Crippen LogP contribution in [0.25, 0.3) is 11.3 Å². The maximum absolute atomic E-state index is 13.4. The Kier molecular flexibility index (Phi) is 3.92. The quantitative estimate of drug-likeness (QED) is 0.574. The molecule has 0 radical (unpaired) electrons. The van der Waals surface area contributed by atoms with E-state index in [0.717, 1.165) is 21.9 Å². The number of hydrogen-bond donors (Lipinski definition) is 1. The molecule has 3 nitrogen and oxygen atoms in total. The zero-order chi connectivity index (χ0) is 14.7. The Morgan fingerprint density at radius 1 is 1.10 bits per heavy atom. The van der Waals surface area contributed by atoms with Gasteiger partial charge in [0, 0.05) is 16.5 Å². The lowest BCUT2D eigenvalue weighted by atomic mass is 10.1. The first-order chi connectivity index (χ1) is 10.2. The van der Waals surface area contributed by atoms with Crippen LogP contribution in [0.5, 0.6) is 0 Å². The average molecular weight is 300 g/mol. The van der Waals surface area contributed by atoms with Crippen molar-refractivity contribution in [1.29, 1.82) is 0 Å². The second-order valence-electron chi connectivity index (χ2n) is 4.52. The Labute approximate surface area is 126 Å². The Hall–Kier alpha value is -2.27. The van der Waals surface area contributed by atoms with E-state index in [1.165, 1.54) is 17.8 Å². The highest BCUT2D eigenvalue weighted by molar-refractivity contribution is 7.98. The van der Waals surface area contributed by atoms with E-state index in [-0.39, 0.29) is 5.69 Å². The van der Waals surface area contributed by atoms with Gasteiger partial charge < -0.3 is 10.3 Å². The number of thioether (sulfide) groups is 1. The first-order valence-corrected chi connectivity index (χ1v) is 7.40. The molecule has 0 fully saturated rings. The van der Waals surface area contributed by atoms with Crippen LogP contribution in [0.4, 0.5) is 10.1 Å². The summed E-state index contributed by atoms with van der Waals surface area (Å²) in [4.78, 5) is 0.805. The van der Waals surface area contributed by atoms with Crippen LogP contribution < -0.4 is 5.73 Å². The molecular formula is C16H13FN2OS. The Morgan fingerprint density at radius 2 is 1.90 bits per heavy atom. The molecule has 3 aromatic rings. The third-order valence-corrected chi connectivity index (χ3v) is 4.00. The van der Waals surface area contributed by atoms with E-state index in [9.17, 15) is 4.39 Å². The fourth-order valence-corrected chi connectivity index (χ4v) is 2.67. The molecule has 0 aliphatic rings. The molecule has 1 aromatic heterocycles. The fraction of sp³-hybridized carbons (Fsp3) is 0.0625. The van der Waals surface area contributed by atoms with Crippen molar-refractivity contribution < 1.29 is 8.91 Å². The van der Waals surface area contributed by atoms with Crippen LogP contribution in [0, 0.1) is 5.82 Å². The summed E-state index contributed by atoms with van der Waals surface area (Å²) in [7, 11) is 0. The SMILES string of the molecule is Nc1ccc(SCc2cc(-c3ccccc3)no2)cc1F. The number of nitrogen functional groups attached to an aromatic ring is 1. The van der Waals surface area contributed by atoms with E-state index >= 15 is 0 Å². The Balaban J connectivity index is 1.69. The van der Waals surface area contributed by atoms with Crippen LogP contribution in [0.2, 0.25) is 0 Å². The molecule has 2 N–H and O–H groups in total. The lowest BCUT2D eigenvalue weighted by Gasteiger charge is -2.01. The van der Waals surface area contributed by atoms with Gasteiger partial charge in [-0.25, -0.2) is 4.39 Å². The van der Waals surface area contributed by atoms with E-state index in [2.05, 4.69) is 5.16 Å². The van der Waals surface area contributed by atoms with Gasteiger partial charge in [0.2, 0.25) is 0 Å². The standard InChI is InChI=1S/C16H13FN2OS/c17-14-9-13(6-7-15(14)18)21-10-12-8-16(19-20-12)11-4-2-1-3-5-11/h1-9H,10,18H2. The lowest BCUT2D eigenvalue weighted by Crippen LogP contribution is -1.89. The second-order valence-corrected chi connectivity index (χ2v) is 5.57. The predicted octanol–water partition coefficient (Wildman–Crippen LogP) is 4.36. The largest absolute Gasteiger partial charge is 0.396 e. The highest BCUT2D eigenvalue weighted by Gasteiger charge is 2.07. The highest BCUT2D eigenvalue weighted by Crippen LogP contribution is 2.27. The summed E-state index contributed by atoms with van der Waals surface area (Å²) in [6.45, 7) is 0. The molecule has 0 unspecified atom stereocenters. The minimum absolute atomic E-state index is 0.158. The van der Waals surface area contributed by atoms with Crippen molar-refractivity contribution in [1.82, 2.24) is 5.16 Å². The van der Waals surface area contributed by atoms with Crippen molar-refractivity contribution in [3.8, 4) is 11.3 Å². The molecule has 5 heteroatoms. The number of halogens is 1. The summed E-state index contributed by atoms with van der Waals surface area (Å²) in [6, 6.07) is 16.5. The molecule has 0 atom stereocenters. The van der Waals surface area contributed by atoms with Gasteiger partial charge in [0.15, 0.2) is 0 Å². The first-order valence-electron chi connectivity index (χ1n) is 6.41. The molecule has 0 bridgehead atoms. The van der Waals surface area contributed by atoms with Crippen LogP contribution in [-0.4, -0.2) is 5.16 Å². The molecular weight excluding hydrogens is 287 g/mol. The molecule has 0 spiro atoms. The number of aromatic nitrogens is 1. The molecule has 106 valence electrons. The molecule has 0 aliphatic heterocycles. The third kappa shape index (κ3) is 3.25. The maximum atomic E-state index is 13.4. The topological polar surface area (TPSA) is 52.0 Å². The Morgan fingerprint density at radius 3 is 2.67 bits per heavy atom. The van der Waals surface area contributed by atoms with Gasteiger partial charge in [-0.15, -0.1) is 11.8 Å². The van der Waals surface area contributed by atoms with Gasteiger partial charge in [-0.1, -0.05) is 35.5 Å². The van der Waals surface area contributed by atoms with Gasteiger partial charge in [-0.3, -0.25) is 0 Å². The van der Waals surface area contributed by atoms with Crippen molar-refractivity contribution in [2.45, 2.75) is 10.6 Å². The van der Waals surface area contributed by atoms with Gasteiger partial charge in [0.25, 0.3) is 0 Å². The highest BCUT2D eigenvalue weighted by atomic mass is 32.2. The summed E-state index contributed by atoms with van der Waals surface area (Å²) < 4.78 is 18.7. The van der Waals surface area contributed by atoms with Crippen LogP contribution in [0.3, 0.4) is 0 Å². The third-order valence-electron chi connectivity index (χ3n) is 2.98. The minimum Gasteiger partial charge on any atom is -0.396 e. The number of hydrogen-bond acceptors (Lipinski definition) is 4. The normalized spacial score (nSPS) is 10.7. The van der Waals surface area contributed by atoms with Gasteiger partial charge >= 0.3 is 0 Å². The summed E-state index contributed by atoms with van der Waals surface area (Å²) in [5, 5.41) is 4.05.